The highest BCUT2D eigenvalue weighted by Crippen LogP contribution is 2.28. The van der Waals surface area contributed by atoms with E-state index in [1.54, 1.807) is 36.7 Å². The van der Waals surface area contributed by atoms with Crippen molar-refractivity contribution in [3.8, 4) is 11.5 Å². The number of benzene rings is 3. The minimum atomic E-state index is -4.08. The molecule has 0 fully saturated rings. The van der Waals surface area contributed by atoms with Crippen LogP contribution in [-0.2, 0) is 10.1 Å². The third-order valence-electron chi connectivity index (χ3n) is 5.04. The van der Waals surface area contributed by atoms with Gasteiger partial charge in [-0.2, -0.15) is 8.42 Å². The summed E-state index contributed by atoms with van der Waals surface area (Å²) in [7, 11) is -4.08. The van der Waals surface area contributed by atoms with E-state index in [0.717, 1.165) is 16.9 Å². The summed E-state index contributed by atoms with van der Waals surface area (Å²) in [6.07, 6.45) is 3.49. The fraction of sp³-hybridized carbons (Fsp3) is 0.115. The van der Waals surface area contributed by atoms with Crippen molar-refractivity contribution < 1.29 is 17.3 Å². The molecule has 7 nitrogen and oxygen atoms in total. The zero-order valence-electron chi connectivity index (χ0n) is 18.7. The second-order valence-electron chi connectivity index (χ2n) is 7.60. The molecule has 0 unspecified atom stereocenters. The lowest BCUT2D eigenvalue weighted by atomic mass is 10.2. The summed E-state index contributed by atoms with van der Waals surface area (Å²) in [5.74, 6) is 0.668. The van der Waals surface area contributed by atoms with Gasteiger partial charge in [0.25, 0.3) is 0 Å². The molecule has 0 aliphatic heterocycles. The van der Waals surface area contributed by atoms with Gasteiger partial charge in [-0.15, -0.1) is 0 Å². The minimum absolute atomic E-state index is 0.0742. The normalized spacial score (nSPS) is 11.1. The molecule has 4 aromatic rings. The summed E-state index contributed by atoms with van der Waals surface area (Å²) in [5, 5.41) is 0. The van der Waals surface area contributed by atoms with Gasteiger partial charge in [0.1, 0.15) is 23.0 Å². The summed E-state index contributed by atoms with van der Waals surface area (Å²) in [6, 6.07) is 25.1. The van der Waals surface area contributed by atoms with Crippen LogP contribution in [0.25, 0.3) is 0 Å². The fourth-order valence-electron chi connectivity index (χ4n) is 3.52. The van der Waals surface area contributed by atoms with Crippen LogP contribution in [0.5, 0.6) is 11.5 Å². The lowest BCUT2D eigenvalue weighted by Crippen LogP contribution is -2.23. The second-order valence-corrected chi connectivity index (χ2v) is 9.11. The average molecular weight is 476 g/mol. The Kier molecular flexibility index (Phi) is 6.98. The van der Waals surface area contributed by atoms with E-state index >= 15 is 0 Å². The Hall–Kier alpha value is -4.04. The number of para-hydroxylation sites is 2. The molecule has 3 aromatic carbocycles. The molecule has 34 heavy (non-hydrogen) atoms. The Morgan fingerprint density at radius 1 is 0.853 bits per heavy atom. The van der Waals surface area contributed by atoms with E-state index < -0.39 is 10.1 Å². The monoisotopic (exact) mass is 475 g/mol. The molecule has 174 valence electrons. The van der Waals surface area contributed by atoms with E-state index in [4.69, 9.17) is 14.7 Å². The Labute approximate surface area is 199 Å². The first kappa shape index (κ1) is 23.1. The molecule has 0 amide bonds. The lowest BCUT2D eigenvalue weighted by molar-refractivity contribution is 0.326. The molecule has 1 heterocycles. The summed E-state index contributed by atoms with van der Waals surface area (Å²) in [5.41, 5.74) is 8.77. The highest BCUT2D eigenvalue weighted by molar-refractivity contribution is 7.87. The summed E-state index contributed by atoms with van der Waals surface area (Å²) in [4.78, 5) is 6.14. The number of hydrogen-bond donors (Lipinski definition) is 1. The molecule has 2 N–H and O–H groups in total. The maximum absolute atomic E-state index is 12.7. The van der Waals surface area contributed by atoms with E-state index in [2.05, 4.69) is 9.88 Å². The Morgan fingerprint density at radius 2 is 1.50 bits per heavy atom. The zero-order valence-corrected chi connectivity index (χ0v) is 19.5. The Bertz CT molecular complexity index is 1310. The van der Waals surface area contributed by atoms with Crippen LogP contribution in [0.1, 0.15) is 5.56 Å². The van der Waals surface area contributed by atoms with Crippen molar-refractivity contribution in [1.29, 1.82) is 0 Å². The average Bonchev–Trinajstić information content (AvgIpc) is 2.82. The van der Waals surface area contributed by atoms with E-state index in [-0.39, 0.29) is 16.3 Å². The third kappa shape index (κ3) is 5.65. The SMILES string of the molecule is Cc1cc(OCCN(c2ccccc2)c2ccncc2)cc(OS(=O)(=O)c2ccccc2N)c1. The highest BCUT2D eigenvalue weighted by atomic mass is 32.2. The Morgan fingerprint density at radius 3 is 2.24 bits per heavy atom. The molecule has 0 bridgehead atoms. The molecule has 0 radical (unpaired) electrons. The molecule has 0 aliphatic rings. The number of nitrogens with two attached hydrogens (primary N) is 1. The topological polar surface area (TPSA) is 94.8 Å². The van der Waals surface area contributed by atoms with E-state index in [1.165, 1.54) is 12.1 Å². The molecule has 1 aromatic heterocycles. The van der Waals surface area contributed by atoms with E-state index in [9.17, 15) is 8.42 Å². The van der Waals surface area contributed by atoms with Gasteiger partial charge in [0, 0.05) is 29.8 Å². The smallest absolute Gasteiger partial charge is 0.341 e. The van der Waals surface area contributed by atoms with Crippen LogP contribution >= 0.6 is 0 Å². The molecular weight excluding hydrogens is 450 g/mol. The van der Waals surface area contributed by atoms with Crippen molar-refractivity contribution in [3.63, 3.8) is 0 Å². The Balaban J connectivity index is 1.49. The predicted molar refractivity (Wildman–Crippen MR) is 133 cm³/mol. The molecular formula is C26H25N3O4S. The first-order chi connectivity index (χ1) is 16.4. The number of aryl methyl sites for hydroxylation is 1. The van der Waals surface area contributed by atoms with Gasteiger partial charge in [-0.25, -0.2) is 0 Å². The first-order valence-corrected chi connectivity index (χ1v) is 12.1. The van der Waals surface area contributed by atoms with E-state index in [1.807, 2.05) is 55.5 Å². The van der Waals surface area contributed by atoms with Crippen molar-refractivity contribution in [1.82, 2.24) is 4.98 Å². The largest absolute Gasteiger partial charge is 0.492 e. The highest BCUT2D eigenvalue weighted by Gasteiger charge is 2.20. The van der Waals surface area contributed by atoms with Crippen molar-refractivity contribution in [2.45, 2.75) is 11.8 Å². The molecule has 8 heteroatoms. The standard InChI is InChI=1S/C26H25N3O4S/c1-20-17-23(19-24(18-20)33-34(30,31)26-10-6-5-9-25(26)27)32-16-15-29(21-7-3-2-4-8-21)22-11-13-28-14-12-22/h2-14,17-19H,15-16,27H2,1H3. The van der Waals surface area contributed by atoms with Gasteiger partial charge in [-0.05, 0) is 61.0 Å². The van der Waals surface area contributed by atoms with Crippen molar-refractivity contribution in [2.24, 2.45) is 0 Å². The molecule has 0 saturated heterocycles. The van der Waals surface area contributed by atoms with Crippen LogP contribution in [-0.4, -0.2) is 26.6 Å². The van der Waals surface area contributed by atoms with Crippen molar-refractivity contribution in [3.05, 3.63) is 103 Å². The molecule has 0 saturated carbocycles. The van der Waals surface area contributed by atoms with Crippen LogP contribution in [0.4, 0.5) is 17.1 Å². The quantitative estimate of drug-likeness (QED) is 0.270. The van der Waals surface area contributed by atoms with Gasteiger partial charge in [0.15, 0.2) is 0 Å². The zero-order chi connectivity index (χ0) is 24.0. The number of anilines is 3. The summed E-state index contributed by atoms with van der Waals surface area (Å²) in [6.45, 7) is 2.77. The van der Waals surface area contributed by atoms with Crippen LogP contribution in [0.3, 0.4) is 0 Å². The van der Waals surface area contributed by atoms with Crippen LogP contribution in [0, 0.1) is 6.92 Å². The molecule has 0 atom stereocenters. The number of rotatable bonds is 9. The molecule has 0 spiro atoms. The first-order valence-electron chi connectivity index (χ1n) is 10.7. The third-order valence-corrected chi connectivity index (χ3v) is 6.37. The van der Waals surface area contributed by atoms with Gasteiger partial charge in [-0.1, -0.05) is 30.3 Å². The maximum Gasteiger partial charge on any atom is 0.341 e. The summed E-state index contributed by atoms with van der Waals surface area (Å²) >= 11 is 0. The van der Waals surface area contributed by atoms with Crippen LogP contribution in [0.2, 0.25) is 0 Å². The van der Waals surface area contributed by atoms with Gasteiger partial charge in [-0.3, -0.25) is 4.98 Å². The number of pyridine rings is 1. The minimum Gasteiger partial charge on any atom is -0.492 e. The predicted octanol–water partition coefficient (Wildman–Crippen LogP) is 4.96. The van der Waals surface area contributed by atoms with E-state index in [0.29, 0.717) is 18.9 Å². The van der Waals surface area contributed by atoms with Gasteiger partial charge in [0.05, 0.1) is 12.2 Å². The number of nitrogen functional groups attached to an aromatic ring is 1. The maximum atomic E-state index is 12.7. The fourth-order valence-corrected chi connectivity index (χ4v) is 4.56. The number of ether oxygens (including phenoxy) is 1. The number of nitrogens with zero attached hydrogens (tertiary/aromatic N) is 2. The van der Waals surface area contributed by atoms with Gasteiger partial charge < -0.3 is 19.6 Å². The van der Waals surface area contributed by atoms with Crippen LogP contribution in [0.15, 0.2) is 102 Å². The number of aromatic nitrogens is 1. The van der Waals surface area contributed by atoms with Gasteiger partial charge >= 0.3 is 10.1 Å². The second kappa shape index (κ2) is 10.3. The molecule has 0 aliphatic carbocycles. The van der Waals surface area contributed by atoms with Crippen molar-refractivity contribution >= 4 is 27.2 Å². The van der Waals surface area contributed by atoms with Crippen molar-refractivity contribution in [2.75, 3.05) is 23.8 Å². The summed E-state index contributed by atoms with van der Waals surface area (Å²) < 4.78 is 36.8. The van der Waals surface area contributed by atoms with Gasteiger partial charge in [0.2, 0.25) is 0 Å². The number of hydrogen-bond acceptors (Lipinski definition) is 7. The lowest BCUT2D eigenvalue weighted by Gasteiger charge is -2.25. The molecule has 4 rings (SSSR count). The van der Waals surface area contributed by atoms with Crippen LogP contribution < -0.4 is 19.6 Å².